The van der Waals surface area contributed by atoms with Crippen molar-refractivity contribution >= 4 is 34.1 Å². The van der Waals surface area contributed by atoms with Gasteiger partial charge < -0.3 is 4.42 Å². The highest BCUT2D eigenvalue weighted by Gasteiger charge is 2.16. The second-order valence-electron chi connectivity index (χ2n) is 6.99. The van der Waals surface area contributed by atoms with Crippen LogP contribution in [0.5, 0.6) is 0 Å². The first-order chi connectivity index (χ1) is 15.9. The molecule has 1 N–H and O–H groups in total. The molecule has 0 fully saturated rings. The van der Waals surface area contributed by atoms with Gasteiger partial charge in [-0.2, -0.15) is 5.26 Å². The van der Waals surface area contributed by atoms with Crippen molar-refractivity contribution in [3.05, 3.63) is 93.1 Å². The third kappa shape index (κ3) is 4.87. The summed E-state index contributed by atoms with van der Waals surface area (Å²) >= 11 is 1.26. The maximum absolute atomic E-state index is 12.6. The summed E-state index contributed by atoms with van der Waals surface area (Å²) in [7, 11) is 0. The number of thiazole rings is 1. The molecule has 162 valence electrons. The standard InChI is InChI=1S/C24H16N4O4S/c1-15-7-8-18(28(30)31)12-20(15)22-10-9-19(32-22)11-17(13-25)23(29)27-24-26-21(14-33-24)16-5-3-2-4-6-16/h2-12,14H,1H3,(H,26,27,29)/b17-11-. The van der Waals surface area contributed by atoms with Gasteiger partial charge in [0.05, 0.1) is 10.6 Å². The highest BCUT2D eigenvalue weighted by Crippen LogP contribution is 2.30. The SMILES string of the molecule is Cc1ccc([N+](=O)[O-])cc1-c1ccc(/C=C(/C#N)C(=O)Nc2nc(-c3ccccc3)cs2)o1. The van der Waals surface area contributed by atoms with Gasteiger partial charge in [0.15, 0.2) is 5.13 Å². The fourth-order valence-electron chi connectivity index (χ4n) is 3.09. The number of furan rings is 1. The fraction of sp³-hybridized carbons (Fsp3) is 0.0417. The summed E-state index contributed by atoms with van der Waals surface area (Å²) in [6, 6.07) is 19.1. The number of non-ortho nitro benzene ring substituents is 1. The minimum Gasteiger partial charge on any atom is -0.457 e. The van der Waals surface area contributed by atoms with Crippen LogP contribution in [0.2, 0.25) is 0 Å². The van der Waals surface area contributed by atoms with Crippen LogP contribution in [0.1, 0.15) is 11.3 Å². The lowest BCUT2D eigenvalue weighted by molar-refractivity contribution is -0.384. The molecule has 2 heterocycles. The van der Waals surface area contributed by atoms with E-state index in [4.69, 9.17) is 4.42 Å². The number of benzene rings is 2. The maximum atomic E-state index is 12.6. The van der Waals surface area contributed by atoms with Crippen molar-refractivity contribution in [2.75, 3.05) is 5.32 Å². The Morgan fingerprint density at radius 2 is 2.00 bits per heavy atom. The van der Waals surface area contributed by atoms with Gasteiger partial charge in [-0.3, -0.25) is 20.2 Å². The zero-order valence-electron chi connectivity index (χ0n) is 17.3. The second kappa shape index (κ2) is 9.30. The highest BCUT2D eigenvalue weighted by atomic mass is 32.1. The average Bonchev–Trinajstić information content (AvgIpc) is 3.48. The molecule has 0 spiro atoms. The number of nitriles is 1. The van der Waals surface area contributed by atoms with Crippen LogP contribution in [0.3, 0.4) is 0 Å². The number of anilines is 1. The van der Waals surface area contributed by atoms with Gasteiger partial charge in [-0.1, -0.05) is 36.4 Å². The van der Waals surface area contributed by atoms with Crippen LogP contribution >= 0.6 is 11.3 Å². The van der Waals surface area contributed by atoms with Gasteiger partial charge in [0.25, 0.3) is 11.6 Å². The lowest BCUT2D eigenvalue weighted by atomic mass is 10.1. The van der Waals surface area contributed by atoms with Crippen LogP contribution in [-0.4, -0.2) is 15.8 Å². The van der Waals surface area contributed by atoms with Gasteiger partial charge >= 0.3 is 0 Å². The Kier molecular flexibility index (Phi) is 6.11. The number of nitrogens with one attached hydrogen (secondary N) is 1. The molecule has 0 unspecified atom stereocenters. The maximum Gasteiger partial charge on any atom is 0.270 e. The number of rotatable bonds is 6. The molecule has 0 radical (unpaired) electrons. The first-order valence-corrected chi connectivity index (χ1v) is 10.6. The van der Waals surface area contributed by atoms with Crippen molar-refractivity contribution in [3.63, 3.8) is 0 Å². The monoisotopic (exact) mass is 456 g/mol. The van der Waals surface area contributed by atoms with Crippen LogP contribution in [0.4, 0.5) is 10.8 Å². The van der Waals surface area contributed by atoms with Crippen LogP contribution in [0.25, 0.3) is 28.7 Å². The molecule has 0 aliphatic carbocycles. The van der Waals surface area contributed by atoms with Crippen molar-refractivity contribution < 1.29 is 14.1 Å². The molecule has 1 amide bonds. The Labute approximate surface area is 192 Å². The van der Waals surface area contributed by atoms with E-state index in [9.17, 15) is 20.2 Å². The van der Waals surface area contributed by atoms with E-state index in [0.717, 1.165) is 16.8 Å². The number of aromatic nitrogens is 1. The molecule has 0 aliphatic rings. The first kappa shape index (κ1) is 21.7. The Morgan fingerprint density at radius 3 is 2.73 bits per heavy atom. The molecule has 4 rings (SSSR count). The first-order valence-electron chi connectivity index (χ1n) is 9.74. The van der Waals surface area contributed by atoms with E-state index in [1.54, 1.807) is 18.2 Å². The van der Waals surface area contributed by atoms with E-state index < -0.39 is 10.8 Å². The quantitative estimate of drug-likeness (QED) is 0.168. The number of nitrogens with zero attached hydrogens (tertiary/aromatic N) is 3. The molecule has 33 heavy (non-hydrogen) atoms. The number of amides is 1. The number of nitro benzene ring substituents is 1. The summed E-state index contributed by atoms with van der Waals surface area (Å²) in [5, 5.41) is 25.4. The number of carbonyl (C=O) groups excluding carboxylic acids is 1. The summed E-state index contributed by atoms with van der Waals surface area (Å²) in [6.07, 6.45) is 1.32. The van der Waals surface area contributed by atoms with Crippen molar-refractivity contribution in [2.45, 2.75) is 6.92 Å². The van der Waals surface area contributed by atoms with Crippen LogP contribution in [-0.2, 0) is 4.79 Å². The van der Waals surface area contributed by atoms with E-state index in [0.29, 0.717) is 16.5 Å². The molecule has 0 aliphatic heterocycles. The van der Waals surface area contributed by atoms with Gasteiger partial charge in [-0.15, -0.1) is 11.3 Å². The molecule has 0 bridgehead atoms. The zero-order valence-corrected chi connectivity index (χ0v) is 18.1. The zero-order chi connectivity index (χ0) is 23.4. The number of carbonyl (C=O) groups is 1. The van der Waals surface area contributed by atoms with Gasteiger partial charge in [-0.25, -0.2) is 4.98 Å². The van der Waals surface area contributed by atoms with Crippen molar-refractivity contribution in [1.82, 2.24) is 4.98 Å². The number of hydrogen-bond acceptors (Lipinski definition) is 7. The Morgan fingerprint density at radius 1 is 1.21 bits per heavy atom. The number of hydrogen-bond donors (Lipinski definition) is 1. The summed E-state index contributed by atoms with van der Waals surface area (Å²) in [6.45, 7) is 1.81. The Hall–Kier alpha value is -4.55. The Bertz CT molecular complexity index is 1410. The van der Waals surface area contributed by atoms with Crippen molar-refractivity contribution in [3.8, 4) is 28.7 Å². The van der Waals surface area contributed by atoms with E-state index in [-0.39, 0.29) is 17.0 Å². The van der Waals surface area contributed by atoms with Gasteiger partial charge in [-0.05, 0) is 24.6 Å². The number of aryl methyl sites for hydroxylation is 1. The van der Waals surface area contributed by atoms with Gasteiger partial charge in [0, 0.05) is 34.7 Å². The molecule has 0 saturated carbocycles. The van der Waals surface area contributed by atoms with Crippen molar-refractivity contribution in [1.29, 1.82) is 5.26 Å². The molecule has 9 heteroatoms. The molecule has 0 saturated heterocycles. The summed E-state index contributed by atoms with van der Waals surface area (Å²) < 4.78 is 5.74. The third-order valence-electron chi connectivity index (χ3n) is 4.77. The minimum atomic E-state index is -0.615. The smallest absolute Gasteiger partial charge is 0.270 e. The molecule has 2 aromatic heterocycles. The predicted octanol–water partition coefficient (Wildman–Crippen LogP) is 5.83. The molecule has 0 atom stereocenters. The molecular weight excluding hydrogens is 440 g/mol. The van der Waals surface area contributed by atoms with Crippen molar-refractivity contribution in [2.24, 2.45) is 0 Å². The highest BCUT2D eigenvalue weighted by molar-refractivity contribution is 7.14. The normalized spacial score (nSPS) is 11.1. The van der Waals surface area contributed by atoms with Crippen LogP contribution in [0.15, 0.2) is 76.0 Å². The molecule has 8 nitrogen and oxygen atoms in total. The third-order valence-corrected chi connectivity index (χ3v) is 5.53. The summed E-state index contributed by atoms with van der Waals surface area (Å²) in [4.78, 5) is 27.6. The largest absolute Gasteiger partial charge is 0.457 e. The minimum absolute atomic E-state index is 0.0560. The number of nitro groups is 1. The molecule has 2 aromatic carbocycles. The topological polar surface area (TPSA) is 122 Å². The summed E-state index contributed by atoms with van der Waals surface area (Å²) in [5.74, 6) is 0.0511. The lowest BCUT2D eigenvalue weighted by Gasteiger charge is -2.02. The van der Waals surface area contributed by atoms with E-state index in [2.05, 4.69) is 10.3 Å². The Balaban J connectivity index is 1.53. The molecule has 4 aromatic rings. The lowest BCUT2D eigenvalue weighted by Crippen LogP contribution is -2.13. The van der Waals surface area contributed by atoms with E-state index >= 15 is 0 Å². The van der Waals surface area contributed by atoms with E-state index in [1.807, 2.05) is 48.7 Å². The van der Waals surface area contributed by atoms with Gasteiger partial charge in [0.1, 0.15) is 23.2 Å². The van der Waals surface area contributed by atoms with Crippen LogP contribution in [0, 0.1) is 28.4 Å². The second-order valence-corrected chi connectivity index (χ2v) is 7.84. The summed E-state index contributed by atoms with van der Waals surface area (Å²) in [5.41, 5.74) is 2.78. The molecular formula is C24H16N4O4S. The predicted molar refractivity (Wildman–Crippen MR) is 125 cm³/mol. The van der Waals surface area contributed by atoms with Gasteiger partial charge in [0.2, 0.25) is 0 Å². The fourth-order valence-corrected chi connectivity index (χ4v) is 3.81. The average molecular weight is 456 g/mol. The van der Waals surface area contributed by atoms with Crippen LogP contribution < -0.4 is 5.32 Å². The van der Waals surface area contributed by atoms with E-state index in [1.165, 1.54) is 29.5 Å².